The summed E-state index contributed by atoms with van der Waals surface area (Å²) < 4.78 is 0. The summed E-state index contributed by atoms with van der Waals surface area (Å²) in [6.07, 6.45) is 7.13. The Bertz CT molecular complexity index is 267. The Morgan fingerprint density at radius 1 is 1.29 bits per heavy atom. The molecule has 3 heteroatoms. The van der Waals surface area contributed by atoms with E-state index in [0.717, 1.165) is 31.8 Å². The van der Waals surface area contributed by atoms with Crippen molar-refractivity contribution in [2.24, 2.45) is 11.8 Å². The third-order valence-corrected chi connectivity index (χ3v) is 4.39. The molecule has 0 unspecified atom stereocenters. The molecule has 1 aliphatic heterocycles. The molecule has 98 valence electrons. The lowest BCUT2D eigenvalue weighted by atomic mass is 9.81. The van der Waals surface area contributed by atoms with E-state index >= 15 is 0 Å². The molecular weight excluding hydrogens is 212 g/mol. The van der Waals surface area contributed by atoms with E-state index in [9.17, 15) is 4.79 Å². The maximum Gasteiger partial charge on any atom is 0.225 e. The van der Waals surface area contributed by atoms with Gasteiger partial charge in [0.25, 0.3) is 0 Å². The summed E-state index contributed by atoms with van der Waals surface area (Å²) in [4.78, 5) is 14.7. The first kappa shape index (κ1) is 12.9. The number of hydrogen-bond donors (Lipinski definition) is 1. The van der Waals surface area contributed by atoms with Crippen molar-refractivity contribution in [3.05, 3.63) is 0 Å². The normalized spacial score (nSPS) is 34.0. The molecule has 0 aromatic heterocycles. The number of likely N-dealkylation sites (N-methyl/N-ethyl adjacent to an activating group) is 1. The molecule has 0 bridgehead atoms. The van der Waals surface area contributed by atoms with Crippen LogP contribution in [0.2, 0.25) is 0 Å². The third kappa shape index (κ3) is 3.01. The molecule has 0 radical (unpaired) electrons. The number of carbonyl (C=O) groups is 1. The highest BCUT2D eigenvalue weighted by molar-refractivity contribution is 5.79. The Hall–Kier alpha value is -0.570. The van der Waals surface area contributed by atoms with E-state index in [0.29, 0.717) is 17.9 Å². The first-order valence-corrected chi connectivity index (χ1v) is 7.17. The molecule has 0 aromatic rings. The number of hydrogen-bond acceptors (Lipinski definition) is 2. The molecule has 1 heterocycles. The van der Waals surface area contributed by atoms with Crippen LogP contribution >= 0.6 is 0 Å². The minimum atomic E-state index is 0.316. The molecule has 1 amide bonds. The lowest BCUT2D eigenvalue weighted by Gasteiger charge is -2.32. The lowest BCUT2D eigenvalue weighted by molar-refractivity contribution is -0.137. The second kappa shape index (κ2) is 5.85. The fraction of sp³-hybridized carbons (Fsp3) is 0.929. The Kier molecular flexibility index (Phi) is 4.43. The molecule has 1 N–H and O–H groups in total. The van der Waals surface area contributed by atoms with Gasteiger partial charge in [0.05, 0.1) is 0 Å². The fourth-order valence-corrected chi connectivity index (χ4v) is 3.47. The van der Waals surface area contributed by atoms with Crippen LogP contribution in [0.15, 0.2) is 0 Å². The van der Waals surface area contributed by atoms with Crippen LogP contribution in [0, 0.1) is 11.8 Å². The zero-order valence-corrected chi connectivity index (χ0v) is 11.2. The summed E-state index contributed by atoms with van der Waals surface area (Å²) in [6, 6.07) is 0.449. The largest absolute Gasteiger partial charge is 0.338 e. The van der Waals surface area contributed by atoms with Crippen molar-refractivity contribution in [2.75, 3.05) is 20.1 Å². The minimum absolute atomic E-state index is 0.316. The van der Waals surface area contributed by atoms with Crippen molar-refractivity contribution in [1.82, 2.24) is 10.2 Å². The number of carbonyl (C=O) groups excluding carboxylic acids is 1. The predicted molar refractivity (Wildman–Crippen MR) is 69.8 cm³/mol. The maximum absolute atomic E-state index is 12.5. The molecule has 1 aliphatic carbocycles. The second-order valence-corrected chi connectivity index (χ2v) is 5.85. The monoisotopic (exact) mass is 238 g/mol. The van der Waals surface area contributed by atoms with Crippen LogP contribution in [0.25, 0.3) is 0 Å². The van der Waals surface area contributed by atoms with Gasteiger partial charge in [0.1, 0.15) is 0 Å². The van der Waals surface area contributed by atoms with Gasteiger partial charge in [-0.25, -0.2) is 0 Å². The van der Waals surface area contributed by atoms with Crippen LogP contribution in [-0.2, 0) is 4.79 Å². The molecule has 1 saturated carbocycles. The van der Waals surface area contributed by atoms with Gasteiger partial charge in [-0.2, -0.15) is 0 Å². The fourth-order valence-electron chi connectivity index (χ4n) is 3.47. The summed E-state index contributed by atoms with van der Waals surface area (Å²) in [6.45, 7) is 4.22. The number of nitrogens with one attached hydrogen (secondary N) is 1. The van der Waals surface area contributed by atoms with Gasteiger partial charge < -0.3 is 10.2 Å². The third-order valence-electron chi connectivity index (χ3n) is 4.39. The van der Waals surface area contributed by atoms with Gasteiger partial charge >= 0.3 is 0 Å². The Balaban J connectivity index is 1.93. The molecule has 0 spiro atoms. The standard InChI is InChI=1S/C14H26N2O/c1-11-5-3-6-12(9-11)14(17)16-8-4-7-13(16)10-15-2/h11-13,15H,3-10H2,1-2H3/t11-,12-,13-/m0/s1. The molecule has 0 aromatic carbocycles. The number of rotatable bonds is 3. The summed E-state index contributed by atoms with van der Waals surface area (Å²) >= 11 is 0. The van der Waals surface area contributed by atoms with Gasteiger partial charge in [0, 0.05) is 25.0 Å². The summed E-state index contributed by atoms with van der Waals surface area (Å²) in [7, 11) is 1.98. The highest BCUT2D eigenvalue weighted by Gasteiger charge is 2.34. The van der Waals surface area contributed by atoms with Crippen molar-refractivity contribution in [2.45, 2.75) is 51.5 Å². The van der Waals surface area contributed by atoms with Crippen LogP contribution in [0.3, 0.4) is 0 Å². The highest BCUT2D eigenvalue weighted by Crippen LogP contribution is 2.31. The van der Waals surface area contributed by atoms with E-state index in [2.05, 4.69) is 17.1 Å². The average molecular weight is 238 g/mol. The van der Waals surface area contributed by atoms with Gasteiger partial charge in [0.2, 0.25) is 5.91 Å². The summed E-state index contributed by atoms with van der Waals surface area (Å²) in [5.41, 5.74) is 0. The SMILES string of the molecule is CNC[C@@H]1CCCN1C(=O)[C@H]1CCC[C@H](C)C1. The van der Waals surface area contributed by atoms with Gasteiger partial charge in [-0.05, 0) is 38.6 Å². The highest BCUT2D eigenvalue weighted by atomic mass is 16.2. The van der Waals surface area contributed by atoms with E-state index in [4.69, 9.17) is 0 Å². The van der Waals surface area contributed by atoms with Gasteiger partial charge in [-0.15, -0.1) is 0 Å². The van der Waals surface area contributed by atoms with Crippen molar-refractivity contribution in [3.8, 4) is 0 Å². The van der Waals surface area contributed by atoms with E-state index in [1.165, 1.54) is 25.7 Å². The van der Waals surface area contributed by atoms with E-state index in [1.54, 1.807) is 0 Å². The molecule has 2 rings (SSSR count). The van der Waals surface area contributed by atoms with Crippen LogP contribution in [0.5, 0.6) is 0 Å². The lowest BCUT2D eigenvalue weighted by Crippen LogP contribution is -2.44. The summed E-state index contributed by atoms with van der Waals surface area (Å²) in [5.74, 6) is 1.49. The van der Waals surface area contributed by atoms with Crippen molar-refractivity contribution < 1.29 is 4.79 Å². The van der Waals surface area contributed by atoms with Gasteiger partial charge in [-0.3, -0.25) is 4.79 Å². The zero-order chi connectivity index (χ0) is 12.3. The number of amides is 1. The quantitative estimate of drug-likeness (QED) is 0.816. The Labute approximate surface area is 105 Å². The molecule has 2 aliphatic rings. The Morgan fingerprint density at radius 3 is 2.82 bits per heavy atom. The average Bonchev–Trinajstić information content (AvgIpc) is 2.77. The minimum Gasteiger partial charge on any atom is -0.338 e. The summed E-state index contributed by atoms with van der Waals surface area (Å²) in [5, 5.41) is 3.21. The van der Waals surface area contributed by atoms with Crippen molar-refractivity contribution in [1.29, 1.82) is 0 Å². The van der Waals surface area contributed by atoms with Crippen LogP contribution in [0.1, 0.15) is 45.4 Å². The molecule has 3 nitrogen and oxygen atoms in total. The van der Waals surface area contributed by atoms with E-state index in [1.807, 2.05) is 7.05 Å². The maximum atomic E-state index is 12.5. The zero-order valence-electron chi connectivity index (χ0n) is 11.2. The number of likely N-dealkylation sites (tertiary alicyclic amines) is 1. The van der Waals surface area contributed by atoms with Crippen molar-refractivity contribution >= 4 is 5.91 Å². The van der Waals surface area contributed by atoms with Gasteiger partial charge in [-0.1, -0.05) is 19.8 Å². The molecule has 17 heavy (non-hydrogen) atoms. The van der Waals surface area contributed by atoms with E-state index in [-0.39, 0.29) is 0 Å². The van der Waals surface area contributed by atoms with Gasteiger partial charge in [0.15, 0.2) is 0 Å². The van der Waals surface area contributed by atoms with Crippen molar-refractivity contribution in [3.63, 3.8) is 0 Å². The van der Waals surface area contributed by atoms with Crippen LogP contribution in [-0.4, -0.2) is 37.0 Å². The van der Waals surface area contributed by atoms with Crippen LogP contribution < -0.4 is 5.32 Å². The molecule has 1 saturated heterocycles. The molecule has 3 atom stereocenters. The smallest absolute Gasteiger partial charge is 0.225 e. The number of nitrogens with zero attached hydrogens (tertiary/aromatic N) is 1. The van der Waals surface area contributed by atoms with Crippen LogP contribution in [0.4, 0.5) is 0 Å². The van der Waals surface area contributed by atoms with E-state index < -0.39 is 0 Å². The molecular formula is C14H26N2O. The second-order valence-electron chi connectivity index (χ2n) is 5.85. The predicted octanol–water partition coefficient (Wildman–Crippen LogP) is 2.02. The first-order valence-electron chi connectivity index (χ1n) is 7.17. The molecule has 2 fully saturated rings. The Morgan fingerprint density at radius 2 is 2.12 bits per heavy atom. The topological polar surface area (TPSA) is 32.3 Å². The first-order chi connectivity index (χ1) is 8.22.